The fourth-order valence-electron chi connectivity index (χ4n) is 5.99. The summed E-state index contributed by atoms with van der Waals surface area (Å²) in [5.74, 6) is 1.23. The first kappa shape index (κ1) is 24.8. The molecule has 1 aromatic heterocycles. The minimum absolute atomic E-state index is 0.211. The molecule has 2 aromatic carbocycles. The maximum Gasteiger partial charge on any atom is 0.222 e. The third-order valence-corrected chi connectivity index (χ3v) is 8.14. The molecule has 2 aliphatic rings. The number of ether oxygens (including phenoxy) is 1. The van der Waals surface area contributed by atoms with Crippen molar-refractivity contribution in [3.63, 3.8) is 0 Å². The van der Waals surface area contributed by atoms with Crippen LogP contribution >= 0.6 is 0 Å². The fraction of sp³-hybridized carbons (Fsp3) is 0.484. The highest BCUT2D eigenvalue weighted by Crippen LogP contribution is 2.38. The summed E-state index contributed by atoms with van der Waals surface area (Å²) in [6.45, 7) is 4.56. The summed E-state index contributed by atoms with van der Waals surface area (Å²) >= 11 is 0. The lowest BCUT2D eigenvalue weighted by molar-refractivity contribution is -0.132. The van der Waals surface area contributed by atoms with E-state index in [9.17, 15) is 4.79 Å². The summed E-state index contributed by atoms with van der Waals surface area (Å²) in [4.78, 5) is 22.1. The van der Waals surface area contributed by atoms with Gasteiger partial charge in [0.05, 0.1) is 12.1 Å². The number of carbonyl (C=O) groups excluding carboxylic acids is 1. The number of pyridine rings is 1. The number of piperidine rings is 1. The monoisotopic (exact) mass is 485 g/mol. The van der Waals surface area contributed by atoms with Crippen molar-refractivity contribution in [1.82, 2.24) is 14.8 Å². The number of para-hydroxylation sites is 2. The van der Waals surface area contributed by atoms with Gasteiger partial charge in [-0.25, -0.2) is 0 Å². The highest BCUT2D eigenvalue weighted by molar-refractivity contribution is 5.78. The number of likely N-dealkylation sites (tertiary alicyclic amines) is 1. The Labute approximate surface area is 215 Å². The molecule has 5 nitrogen and oxygen atoms in total. The lowest BCUT2D eigenvalue weighted by Gasteiger charge is -2.44. The van der Waals surface area contributed by atoms with Crippen LogP contribution in [-0.2, 0) is 17.8 Å². The molecule has 1 saturated heterocycles. The Balaban J connectivity index is 1.24. The quantitative estimate of drug-likeness (QED) is 0.456. The SMILES string of the molecule is CN1CC2(CCCCc3ccccc3OCCCC1=O)CCN(Cc1cnc3ccccc3c1)CC2. The number of aryl methyl sites for hydroxylation is 1. The predicted octanol–water partition coefficient (Wildman–Crippen LogP) is 5.86. The van der Waals surface area contributed by atoms with Gasteiger partial charge in [-0.2, -0.15) is 0 Å². The molecule has 0 atom stereocenters. The predicted molar refractivity (Wildman–Crippen MR) is 145 cm³/mol. The van der Waals surface area contributed by atoms with Gasteiger partial charge in [0.2, 0.25) is 5.91 Å². The Morgan fingerprint density at radius 1 is 0.944 bits per heavy atom. The van der Waals surface area contributed by atoms with Crippen molar-refractivity contribution >= 4 is 16.8 Å². The molecule has 190 valence electrons. The minimum atomic E-state index is 0.211. The molecule has 1 spiro atoms. The molecule has 0 unspecified atom stereocenters. The second-order valence-electron chi connectivity index (χ2n) is 10.8. The van der Waals surface area contributed by atoms with E-state index in [1.54, 1.807) is 0 Å². The molecular weight excluding hydrogens is 446 g/mol. The molecule has 2 aliphatic heterocycles. The molecule has 36 heavy (non-hydrogen) atoms. The Morgan fingerprint density at radius 3 is 2.64 bits per heavy atom. The fourth-order valence-corrected chi connectivity index (χ4v) is 5.99. The van der Waals surface area contributed by atoms with Crippen LogP contribution in [0, 0.1) is 5.41 Å². The van der Waals surface area contributed by atoms with Crippen molar-refractivity contribution in [2.45, 2.75) is 57.9 Å². The number of hydrogen-bond acceptors (Lipinski definition) is 4. The molecule has 5 heteroatoms. The van der Waals surface area contributed by atoms with Crippen molar-refractivity contribution in [3.8, 4) is 5.75 Å². The van der Waals surface area contributed by atoms with Crippen LogP contribution in [0.25, 0.3) is 10.9 Å². The standard InChI is InChI=1S/C31H39N3O2/c1-33-24-31(15-7-6-10-26-9-3-5-13-29(26)36-20-8-14-30(33)35)16-18-34(19-17-31)23-25-21-27-11-2-4-12-28(27)32-22-25/h2-5,9,11-13,21-22H,6-8,10,14-20,23-24H2,1H3. The highest BCUT2D eigenvalue weighted by Gasteiger charge is 2.36. The molecule has 5 rings (SSSR count). The average molecular weight is 486 g/mol. The molecule has 0 bridgehead atoms. The van der Waals surface area contributed by atoms with E-state index in [0.29, 0.717) is 13.0 Å². The van der Waals surface area contributed by atoms with Crippen molar-refractivity contribution < 1.29 is 9.53 Å². The van der Waals surface area contributed by atoms with Gasteiger partial charge in [0.1, 0.15) is 5.75 Å². The average Bonchev–Trinajstić information content (AvgIpc) is 2.90. The number of carbonyl (C=O) groups is 1. The Bertz CT molecular complexity index is 1170. The summed E-state index contributed by atoms with van der Waals surface area (Å²) in [6.07, 6.45) is 10.2. The van der Waals surface area contributed by atoms with E-state index >= 15 is 0 Å². The van der Waals surface area contributed by atoms with E-state index in [1.165, 1.54) is 29.4 Å². The van der Waals surface area contributed by atoms with Crippen LogP contribution in [0.3, 0.4) is 0 Å². The molecule has 0 aliphatic carbocycles. The van der Waals surface area contributed by atoms with E-state index in [0.717, 1.165) is 69.5 Å². The van der Waals surface area contributed by atoms with Gasteiger partial charge < -0.3 is 9.64 Å². The van der Waals surface area contributed by atoms with Gasteiger partial charge in [0.15, 0.2) is 0 Å². The minimum Gasteiger partial charge on any atom is -0.493 e. The first-order valence-electron chi connectivity index (χ1n) is 13.6. The zero-order valence-electron chi connectivity index (χ0n) is 21.6. The van der Waals surface area contributed by atoms with Gasteiger partial charge in [-0.3, -0.25) is 14.7 Å². The second-order valence-corrected chi connectivity index (χ2v) is 10.8. The number of benzene rings is 2. The van der Waals surface area contributed by atoms with Crippen LogP contribution in [0.4, 0.5) is 0 Å². The molecule has 1 fully saturated rings. The van der Waals surface area contributed by atoms with Gasteiger partial charge in [-0.1, -0.05) is 42.8 Å². The summed E-state index contributed by atoms with van der Waals surface area (Å²) in [7, 11) is 2.00. The third kappa shape index (κ3) is 6.07. The number of rotatable bonds is 2. The number of fused-ring (bicyclic) bond motifs is 2. The molecule has 3 aromatic rings. The summed E-state index contributed by atoms with van der Waals surface area (Å²) in [5, 5.41) is 1.21. The molecule has 0 saturated carbocycles. The van der Waals surface area contributed by atoms with Crippen LogP contribution in [-0.4, -0.2) is 54.0 Å². The highest BCUT2D eigenvalue weighted by atomic mass is 16.5. The van der Waals surface area contributed by atoms with Crippen molar-refractivity contribution in [1.29, 1.82) is 0 Å². The van der Waals surface area contributed by atoms with E-state index in [1.807, 2.05) is 30.3 Å². The van der Waals surface area contributed by atoms with E-state index < -0.39 is 0 Å². The largest absolute Gasteiger partial charge is 0.493 e. The summed E-state index contributed by atoms with van der Waals surface area (Å²) in [5.41, 5.74) is 3.85. The van der Waals surface area contributed by atoms with Crippen LogP contribution in [0.15, 0.2) is 60.8 Å². The Kier molecular flexibility index (Phi) is 7.86. The summed E-state index contributed by atoms with van der Waals surface area (Å²) < 4.78 is 6.03. The molecule has 3 heterocycles. The van der Waals surface area contributed by atoms with E-state index in [2.05, 4.69) is 52.3 Å². The number of amides is 1. The van der Waals surface area contributed by atoms with Crippen molar-refractivity contribution in [3.05, 3.63) is 71.9 Å². The Hall–Kier alpha value is -2.92. The zero-order chi connectivity index (χ0) is 24.8. The summed E-state index contributed by atoms with van der Waals surface area (Å²) in [6, 6.07) is 19.0. The van der Waals surface area contributed by atoms with E-state index in [-0.39, 0.29) is 11.3 Å². The normalized spacial score (nSPS) is 20.0. The topological polar surface area (TPSA) is 45.7 Å². The van der Waals surface area contributed by atoms with Crippen molar-refractivity contribution in [2.24, 2.45) is 5.41 Å². The van der Waals surface area contributed by atoms with Crippen LogP contribution in [0.5, 0.6) is 5.75 Å². The van der Waals surface area contributed by atoms with E-state index in [4.69, 9.17) is 4.74 Å². The Morgan fingerprint density at radius 2 is 1.75 bits per heavy atom. The van der Waals surface area contributed by atoms with Crippen LogP contribution < -0.4 is 4.74 Å². The zero-order valence-corrected chi connectivity index (χ0v) is 21.6. The molecule has 0 N–H and O–H groups in total. The number of aromatic nitrogens is 1. The van der Waals surface area contributed by atoms with Gasteiger partial charge in [0.25, 0.3) is 0 Å². The van der Waals surface area contributed by atoms with Gasteiger partial charge >= 0.3 is 0 Å². The second kappa shape index (κ2) is 11.4. The van der Waals surface area contributed by atoms with Gasteiger partial charge in [0, 0.05) is 38.1 Å². The van der Waals surface area contributed by atoms with Crippen molar-refractivity contribution in [2.75, 3.05) is 33.3 Å². The molecular formula is C31H39N3O2. The van der Waals surface area contributed by atoms with Crippen LogP contribution in [0.2, 0.25) is 0 Å². The first-order valence-corrected chi connectivity index (χ1v) is 13.6. The number of hydrogen-bond donors (Lipinski definition) is 0. The van der Waals surface area contributed by atoms with Crippen LogP contribution in [0.1, 0.15) is 56.1 Å². The maximum absolute atomic E-state index is 12.9. The lowest BCUT2D eigenvalue weighted by atomic mass is 9.73. The lowest BCUT2D eigenvalue weighted by Crippen LogP contribution is -2.46. The number of nitrogens with zero attached hydrogens (tertiary/aromatic N) is 3. The van der Waals surface area contributed by atoms with Gasteiger partial charge in [-0.05, 0) is 86.4 Å². The van der Waals surface area contributed by atoms with Gasteiger partial charge in [-0.15, -0.1) is 0 Å². The smallest absolute Gasteiger partial charge is 0.222 e. The third-order valence-electron chi connectivity index (χ3n) is 8.14. The molecule has 1 amide bonds. The maximum atomic E-state index is 12.9. The molecule has 0 radical (unpaired) electrons. The first-order chi connectivity index (χ1) is 17.6.